The molecule has 3 rings (SSSR count). The molecule has 9 heteroatoms. The minimum absolute atomic E-state index is 0.128. The average Bonchev–Trinajstić information content (AvgIpc) is 2.78. The first kappa shape index (κ1) is 22.4. The van der Waals surface area contributed by atoms with Crippen molar-refractivity contribution in [3.63, 3.8) is 0 Å². The zero-order valence-corrected chi connectivity index (χ0v) is 18.6. The van der Waals surface area contributed by atoms with Crippen molar-refractivity contribution in [3.8, 4) is 11.5 Å². The fourth-order valence-corrected chi connectivity index (χ4v) is 5.04. The molecule has 2 aromatic carbocycles. The summed E-state index contributed by atoms with van der Waals surface area (Å²) in [7, 11) is -0.364. The highest BCUT2D eigenvalue weighted by atomic mass is 35.5. The summed E-state index contributed by atoms with van der Waals surface area (Å²) >= 11 is 6.24. The van der Waals surface area contributed by atoms with Crippen LogP contribution in [0.5, 0.6) is 11.5 Å². The van der Waals surface area contributed by atoms with Gasteiger partial charge in [-0.05, 0) is 55.3 Å². The molecule has 0 saturated carbocycles. The van der Waals surface area contributed by atoms with Crippen molar-refractivity contribution >= 4 is 33.2 Å². The van der Waals surface area contributed by atoms with E-state index in [2.05, 4.69) is 0 Å². The van der Waals surface area contributed by atoms with Crippen molar-refractivity contribution in [2.45, 2.75) is 24.2 Å². The number of carbonyl (C=O) groups excluding carboxylic acids is 1. The van der Waals surface area contributed by atoms with Crippen molar-refractivity contribution in [3.05, 3.63) is 47.5 Å². The summed E-state index contributed by atoms with van der Waals surface area (Å²) in [5, 5.41) is 0.146. The number of halogens is 1. The molecule has 0 aromatic heterocycles. The Morgan fingerprint density at radius 1 is 1.10 bits per heavy atom. The third kappa shape index (κ3) is 5.06. The lowest BCUT2D eigenvalue weighted by atomic mass is 10.2. The number of rotatable bonds is 7. The molecule has 1 aliphatic heterocycles. The van der Waals surface area contributed by atoms with Gasteiger partial charge in [0.15, 0.2) is 6.61 Å². The van der Waals surface area contributed by atoms with Crippen molar-refractivity contribution < 1.29 is 22.7 Å². The maximum absolute atomic E-state index is 12.8. The molecule has 0 bridgehead atoms. The molecule has 2 aromatic rings. The predicted octanol–water partition coefficient (Wildman–Crippen LogP) is 3.57. The minimum atomic E-state index is -3.58. The summed E-state index contributed by atoms with van der Waals surface area (Å²) in [6.45, 7) is 0.801. The second-order valence-corrected chi connectivity index (χ2v) is 9.34. The van der Waals surface area contributed by atoms with Gasteiger partial charge in [0, 0.05) is 25.8 Å². The van der Waals surface area contributed by atoms with E-state index in [1.165, 1.54) is 27.4 Å². The Balaban J connectivity index is 1.64. The van der Waals surface area contributed by atoms with Crippen LogP contribution in [0, 0.1) is 0 Å². The van der Waals surface area contributed by atoms with Crippen molar-refractivity contribution in [2.75, 3.05) is 38.8 Å². The van der Waals surface area contributed by atoms with E-state index in [4.69, 9.17) is 21.1 Å². The van der Waals surface area contributed by atoms with Gasteiger partial charge in [0.25, 0.3) is 5.91 Å². The van der Waals surface area contributed by atoms with Gasteiger partial charge in [-0.2, -0.15) is 4.31 Å². The highest BCUT2D eigenvalue weighted by molar-refractivity contribution is 7.89. The van der Waals surface area contributed by atoms with Crippen LogP contribution in [-0.2, 0) is 14.8 Å². The molecule has 1 amide bonds. The summed E-state index contributed by atoms with van der Waals surface area (Å²) in [5.41, 5.74) is 0.693. The van der Waals surface area contributed by atoms with Gasteiger partial charge < -0.3 is 14.4 Å². The Morgan fingerprint density at radius 3 is 2.37 bits per heavy atom. The van der Waals surface area contributed by atoms with Crippen LogP contribution in [0.15, 0.2) is 47.4 Å². The summed E-state index contributed by atoms with van der Waals surface area (Å²) in [5.74, 6) is 0.675. The van der Waals surface area contributed by atoms with Crippen LogP contribution < -0.4 is 14.4 Å². The van der Waals surface area contributed by atoms with E-state index in [1.54, 1.807) is 38.4 Å². The summed E-state index contributed by atoms with van der Waals surface area (Å²) in [6.07, 6.45) is 2.76. The molecular weight excluding hydrogens is 428 g/mol. The van der Waals surface area contributed by atoms with Crippen LogP contribution in [0.2, 0.25) is 5.02 Å². The number of methoxy groups -OCH3 is 1. The van der Waals surface area contributed by atoms with Crippen LogP contribution in [-0.4, -0.2) is 52.5 Å². The molecule has 1 heterocycles. The van der Waals surface area contributed by atoms with Gasteiger partial charge in [0.05, 0.1) is 17.0 Å². The first-order chi connectivity index (χ1) is 14.3. The minimum Gasteiger partial charge on any atom is -0.497 e. The number of sulfonamides is 1. The normalized spacial score (nSPS) is 14.9. The number of anilines is 1. The van der Waals surface area contributed by atoms with Gasteiger partial charge in [-0.1, -0.05) is 18.0 Å². The monoisotopic (exact) mass is 452 g/mol. The number of piperidine rings is 1. The van der Waals surface area contributed by atoms with Crippen molar-refractivity contribution in [1.82, 2.24) is 4.31 Å². The van der Waals surface area contributed by atoms with Crippen LogP contribution in [0.25, 0.3) is 0 Å². The lowest BCUT2D eigenvalue weighted by Gasteiger charge is -2.26. The Kier molecular flexibility index (Phi) is 7.23. The SMILES string of the molecule is COc1ccc(N(C)C(=O)COc2ccc(S(=O)(=O)N3CCCCC3)cc2Cl)cc1. The number of hydrogen-bond acceptors (Lipinski definition) is 5. The third-order valence-electron chi connectivity index (χ3n) is 5.04. The molecule has 1 aliphatic rings. The first-order valence-electron chi connectivity index (χ1n) is 9.66. The highest BCUT2D eigenvalue weighted by Crippen LogP contribution is 2.30. The van der Waals surface area contributed by atoms with Gasteiger partial charge >= 0.3 is 0 Å². The number of carbonyl (C=O) groups is 1. The van der Waals surface area contributed by atoms with Crippen molar-refractivity contribution in [1.29, 1.82) is 0 Å². The molecule has 0 radical (unpaired) electrons. The second kappa shape index (κ2) is 9.68. The zero-order valence-electron chi connectivity index (χ0n) is 17.0. The lowest BCUT2D eigenvalue weighted by molar-refractivity contribution is -0.120. The van der Waals surface area contributed by atoms with E-state index in [9.17, 15) is 13.2 Å². The van der Waals surface area contributed by atoms with Crippen molar-refractivity contribution in [2.24, 2.45) is 0 Å². The van der Waals surface area contributed by atoms with E-state index in [0.29, 0.717) is 24.5 Å². The summed E-state index contributed by atoms with van der Waals surface area (Å²) in [4.78, 5) is 14.0. The van der Waals surface area contributed by atoms with Gasteiger partial charge in [0.1, 0.15) is 11.5 Å². The van der Waals surface area contributed by atoms with Gasteiger partial charge in [-0.3, -0.25) is 4.79 Å². The number of hydrogen-bond donors (Lipinski definition) is 0. The first-order valence-corrected chi connectivity index (χ1v) is 11.5. The van der Waals surface area contributed by atoms with Gasteiger partial charge in [-0.15, -0.1) is 0 Å². The number of amides is 1. The molecule has 162 valence electrons. The third-order valence-corrected chi connectivity index (χ3v) is 7.23. The fourth-order valence-electron chi connectivity index (χ4n) is 3.20. The Bertz CT molecular complexity index is 989. The van der Waals surface area contributed by atoms with Gasteiger partial charge in [-0.25, -0.2) is 8.42 Å². The van der Waals surface area contributed by atoms with Gasteiger partial charge in [0.2, 0.25) is 10.0 Å². The Hall–Kier alpha value is -2.29. The molecule has 1 saturated heterocycles. The average molecular weight is 453 g/mol. The smallest absolute Gasteiger partial charge is 0.264 e. The molecular formula is C21H25ClN2O5S. The Labute approximate surface area is 182 Å². The molecule has 0 aliphatic carbocycles. The van der Waals surface area contributed by atoms with E-state index in [0.717, 1.165) is 19.3 Å². The van der Waals surface area contributed by atoms with Crippen LogP contribution in [0.3, 0.4) is 0 Å². The summed E-state index contributed by atoms with van der Waals surface area (Å²) < 4.78 is 37.7. The van der Waals surface area contributed by atoms with E-state index >= 15 is 0 Å². The predicted molar refractivity (Wildman–Crippen MR) is 116 cm³/mol. The number of ether oxygens (including phenoxy) is 2. The number of nitrogens with zero attached hydrogens (tertiary/aromatic N) is 2. The molecule has 0 N–H and O–H groups in total. The standard InChI is InChI=1S/C21H25ClN2O5S/c1-23(16-6-8-17(28-2)9-7-16)21(25)15-29-20-11-10-18(14-19(20)22)30(26,27)24-12-4-3-5-13-24/h6-11,14H,3-5,12-13,15H2,1-2H3. The summed E-state index contributed by atoms with van der Waals surface area (Å²) in [6, 6.07) is 11.4. The maximum atomic E-state index is 12.8. The molecule has 1 fully saturated rings. The molecule has 30 heavy (non-hydrogen) atoms. The van der Waals surface area contributed by atoms with Crippen LogP contribution in [0.1, 0.15) is 19.3 Å². The second-order valence-electron chi connectivity index (χ2n) is 7.00. The van der Waals surface area contributed by atoms with Crippen LogP contribution >= 0.6 is 11.6 Å². The Morgan fingerprint density at radius 2 is 1.77 bits per heavy atom. The van der Waals surface area contributed by atoms with E-state index < -0.39 is 10.0 Å². The van der Waals surface area contributed by atoms with E-state index in [1.807, 2.05) is 0 Å². The fraction of sp³-hybridized carbons (Fsp3) is 0.381. The molecule has 0 spiro atoms. The van der Waals surface area contributed by atoms with E-state index in [-0.39, 0.29) is 28.2 Å². The van der Waals surface area contributed by atoms with Crippen LogP contribution in [0.4, 0.5) is 5.69 Å². The highest BCUT2D eigenvalue weighted by Gasteiger charge is 2.26. The topological polar surface area (TPSA) is 76.1 Å². The molecule has 0 unspecified atom stereocenters. The maximum Gasteiger partial charge on any atom is 0.264 e. The quantitative estimate of drug-likeness (QED) is 0.642. The molecule has 7 nitrogen and oxygen atoms in total. The molecule has 0 atom stereocenters. The largest absolute Gasteiger partial charge is 0.497 e. The number of benzene rings is 2. The lowest BCUT2D eigenvalue weighted by Crippen LogP contribution is -2.35. The number of likely N-dealkylation sites (N-methyl/N-ethyl adjacent to an activating group) is 1. The zero-order chi connectivity index (χ0) is 21.7.